The van der Waals surface area contributed by atoms with Gasteiger partial charge < -0.3 is 18.9 Å². The molecule has 62 heavy (non-hydrogen) atoms. The lowest BCUT2D eigenvalue weighted by molar-refractivity contribution is 0.111. The molecule has 2 heterocycles. The van der Waals surface area contributed by atoms with Crippen LogP contribution in [0.15, 0.2) is 125 Å². The van der Waals surface area contributed by atoms with Gasteiger partial charge in [0.15, 0.2) is 16.3 Å². The third kappa shape index (κ3) is 11.9. The Bertz CT molecular complexity index is 2480. The van der Waals surface area contributed by atoms with Crippen LogP contribution in [0.5, 0.6) is 23.0 Å². The SMILES string of the molecule is COc1ccc(CN(Cc2ccc(OC)cc2)S(=O)(=O)c2cc(C=O)n(C(C)C)n2)cc1.COc1ccc(CN(Cc2ccc(OC)cc2)S(=O)(=O)c2ccn(C(C)C)n2)cc1. The number of hydrogen-bond acceptors (Lipinski definition) is 11. The number of sulfonamides is 2. The van der Waals surface area contributed by atoms with Gasteiger partial charge in [0, 0.05) is 50.5 Å². The lowest BCUT2D eigenvalue weighted by atomic mass is 10.2. The van der Waals surface area contributed by atoms with Crippen molar-refractivity contribution in [3.8, 4) is 23.0 Å². The molecule has 6 aromatic rings. The van der Waals surface area contributed by atoms with Crippen LogP contribution in [0.4, 0.5) is 0 Å². The third-order valence-electron chi connectivity index (χ3n) is 9.75. The van der Waals surface area contributed by atoms with Crippen molar-refractivity contribution in [2.45, 2.75) is 76.0 Å². The highest BCUT2D eigenvalue weighted by Gasteiger charge is 2.30. The van der Waals surface area contributed by atoms with Crippen molar-refractivity contribution in [2.75, 3.05) is 28.4 Å². The van der Waals surface area contributed by atoms with Crippen LogP contribution >= 0.6 is 0 Å². The number of rotatable bonds is 19. The first-order chi connectivity index (χ1) is 29.6. The Labute approximate surface area is 364 Å². The molecule has 0 bridgehead atoms. The predicted octanol–water partition coefficient (Wildman–Crippen LogP) is 7.56. The van der Waals surface area contributed by atoms with E-state index in [2.05, 4.69) is 10.2 Å². The number of benzene rings is 4. The number of ether oxygens (including phenoxy) is 4. The van der Waals surface area contributed by atoms with Gasteiger partial charge in [0.2, 0.25) is 0 Å². The summed E-state index contributed by atoms with van der Waals surface area (Å²) >= 11 is 0. The number of nitrogens with zero attached hydrogens (tertiary/aromatic N) is 6. The maximum Gasteiger partial charge on any atom is 0.263 e. The molecule has 15 nitrogen and oxygen atoms in total. The van der Waals surface area contributed by atoms with Gasteiger partial charge in [-0.3, -0.25) is 14.2 Å². The fourth-order valence-corrected chi connectivity index (χ4v) is 8.91. The molecule has 0 aliphatic heterocycles. The molecule has 0 aliphatic carbocycles. The van der Waals surface area contributed by atoms with Gasteiger partial charge in [0.25, 0.3) is 20.0 Å². The highest BCUT2D eigenvalue weighted by atomic mass is 32.2. The molecule has 0 saturated carbocycles. The van der Waals surface area contributed by atoms with Crippen molar-refractivity contribution >= 4 is 26.3 Å². The molecule has 330 valence electrons. The second-order valence-electron chi connectivity index (χ2n) is 14.7. The lowest BCUT2D eigenvalue weighted by Crippen LogP contribution is -2.30. The molecule has 0 spiro atoms. The minimum Gasteiger partial charge on any atom is -0.497 e. The molecule has 0 amide bonds. The summed E-state index contributed by atoms with van der Waals surface area (Å²) in [6, 6.07) is 31.9. The van der Waals surface area contributed by atoms with E-state index in [1.165, 1.54) is 19.4 Å². The summed E-state index contributed by atoms with van der Waals surface area (Å²) in [6.45, 7) is 8.27. The van der Waals surface area contributed by atoms with E-state index in [4.69, 9.17) is 18.9 Å². The van der Waals surface area contributed by atoms with Gasteiger partial charge in [0.05, 0.1) is 28.4 Å². The fourth-order valence-electron chi connectivity index (χ4n) is 6.21. The molecular formula is C45H54N6O9S2. The van der Waals surface area contributed by atoms with Crippen LogP contribution in [0.3, 0.4) is 0 Å². The smallest absolute Gasteiger partial charge is 0.263 e. The molecule has 0 aliphatic rings. The van der Waals surface area contributed by atoms with E-state index in [0.717, 1.165) is 33.8 Å². The van der Waals surface area contributed by atoms with Gasteiger partial charge in [-0.1, -0.05) is 48.5 Å². The van der Waals surface area contributed by atoms with Crippen molar-refractivity contribution in [2.24, 2.45) is 0 Å². The first-order valence-electron chi connectivity index (χ1n) is 19.7. The number of carbonyl (C=O) groups excluding carboxylic acids is 1. The van der Waals surface area contributed by atoms with Crippen LogP contribution in [0.1, 0.15) is 72.5 Å². The minimum absolute atomic E-state index is 0.0400. The highest BCUT2D eigenvalue weighted by molar-refractivity contribution is 7.89. The number of hydrogen-bond donors (Lipinski definition) is 0. The molecule has 6 rings (SSSR count). The second kappa shape index (κ2) is 21.2. The first kappa shape index (κ1) is 47.0. The molecular weight excluding hydrogens is 833 g/mol. The van der Waals surface area contributed by atoms with Crippen molar-refractivity contribution in [1.29, 1.82) is 0 Å². The normalized spacial score (nSPS) is 11.7. The Morgan fingerprint density at radius 1 is 0.516 bits per heavy atom. The van der Waals surface area contributed by atoms with Crippen LogP contribution in [-0.4, -0.2) is 79.7 Å². The van der Waals surface area contributed by atoms with Crippen molar-refractivity contribution in [1.82, 2.24) is 28.2 Å². The van der Waals surface area contributed by atoms with E-state index in [-0.39, 0.29) is 54.0 Å². The first-order valence-corrected chi connectivity index (χ1v) is 22.6. The fraction of sp³-hybridized carbons (Fsp3) is 0.311. The molecule has 2 aromatic heterocycles. The van der Waals surface area contributed by atoms with E-state index in [0.29, 0.717) is 17.8 Å². The summed E-state index contributed by atoms with van der Waals surface area (Å²) in [5, 5.41) is 8.40. The number of aromatic nitrogens is 4. The quantitative estimate of drug-likeness (QED) is 0.0738. The van der Waals surface area contributed by atoms with Crippen LogP contribution in [0, 0.1) is 0 Å². The summed E-state index contributed by atoms with van der Waals surface area (Å²) in [4.78, 5) is 11.5. The molecule has 0 unspecified atom stereocenters. The number of methoxy groups -OCH3 is 4. The molecule has 4 aromatic carbocycles. The zero-order chi connectivity index (χ0) is 45.0. The Balaban J connectivity index is 0.000000235. The second-order valence-corrected chi connectivity index (χ2v) is 18.5. The van der Waals surface area contributed by atoms with E-state index in [9.17, 15) is 21.6 Å². The molecule has 0 N–H and O–H groups in total. The van der Waals surface area contributed by atoms with Crippen LogP contribution < -0.4 is 18.9 Å². The Morgan fingerprint density at radius 3 is 1.11 bits per heavy atom. The summed E-state index contributed by atoms with van der Waals surface area (Å²) in [5.74, 6) is 2.81. The largest absolute Gasteiger partial charge is 0.497 e. The van der Waals surface area contributed by atoms with E-state index >= 15 is 0 Å². The van der Waals surface area contributed by atoms with Gasteiger partial charge in [-0.2, -0.15) is 18.8 Å². The maximum absolute atomic E-state index is 13.6. The van der Waals surface area contributed by atoms with E-state index in [1.54, 1.807) is 69.6 Å². The zero-order valence-corrected chi connectivity index (χ0v) is 37.8. The number of carbonyl (C=O) groups is 1. The average molecular weight is 887 g/mol. The molecule has 0 radical (unpaired) electrons. The lowest BCUT2D eigenvalue weighted by Gasteiger charge is -2.22. The van der Waals surface area contributed by atoms with Crippen molar-refractivity contribution < 1.29 is 40.6 Å². The standard InChI is InChI=1S/C23H27N3O5S.C22H27N3O4S/c1-17(2)26-20(16-27)13-23(24-26)32(28,29)25(14-18-5-9-21(30-3)10-6-18)15-19-7-11-22(31-4)12-8-19;1-17(2)25-14-13-22(23-25)30(26,27)24(15-18-5-9-20(28-3)10-6-18)16-19-7-11-21(29-4)12-8-19/h5-13,16-17H,14-15H2,1-4H3;5-14,17H,15-16H2,1-4H3. The molecule has 0 atom stereocenters. The summed E-state index contributed by atoms with van der Waals surface area (Å²) in [6.07, 6.45) is 2.31. The average Bonchev–Trinajstić information content (AvgIpc) is 3.98. The topological polar surface area (TPSA) is 164 Å². The van der Waals surface area contributed by atoms with Crippen LogP contribution in [0.2, 0.25) is 0 Å². The monoisotopic (exact) mass is 886 g/mol. The van der Waals surface area contributed by atoms with Gasteiger partial charge in [-0.15, -0.1) is 0 Å². The summed E-state index contributed by atoms with van der Waals surface area (Å²) < 4.78 is 80.6. The third-order valence-corrected chi connectivity index (χ3v) is 13.1. The minimum atomic E-state index is -3.99. The summed E-state index contributed by atoms with van der Waals surface area (Å²) in [7, 11) is -1.45. The van der Waals surface area contributed by atoms with Gasteiger partial charge in [-0.05, 0) is 105 Å². The molecule has 0 fully saturated rings. The van der Waals surface area contributed by atoms with Gasteiger partial charge in [0.1, 0.15) is 28.7 Å². The van der Waals surface area contributed by atoms with Crippen LogP contribution in [0.25, 0.3) is 0 Å². The molecule has 0 saturated heterocycles. The van der Waals surface area contributed by atoms with Crippen molar-refractivity contribution in [3.05, 3.63) is 143 Å². The Kier molecular flexibility index (Phi) is 16.1. The Morgan fingerprint density at radius 2 is 0.855 bits per heavy atom. The maximum atomic E-state index is 13.6. The predicted molar refractivity (Wildman–Crippen MR) is 235 cm³/mol. The van der Waals surface area contributed by atoms with E-state index < -0.39 is 20.0 Å². The zero-order valence-electron chi connectivity index (χ0n) is 36.2. The highest BCUT2D eigenvalue weighted by Crippen LogP contribution is 2.26. The Hall–Kier alpha value is -6.01. The van der Waals surface area contributed by atoms with Gasteiger partial charge in [-0.25, -0.2) is 16.8 Å². The van der Waals surface area contributed by atoms with Gasteiger partial charge >= 0.3 is 0 Å². The molecule has 17 heteroatoms. The van der Waals surface area contributed by atoms with Crippen LogP contribution in [-0.2, 0) is 46.2 Å². The summed E-state index contributed by atoms with van der Waals surface area (Å²) in [5.41, 5.74) is 3.52. The number of aldehydes is 1. The van der Waals surface area contributed by atoms with E-state index in [1.807, 2.05) is 100 Å². The van der Waals surface area contributed by atoms with Crippen molar-refractivity contribution in [3.63, 3.8) is 0 Å².